The zero-order chi connectivity index (χ0) is 15.2. The molecule has 124 valence electrons. The molecule has 0 bridgehead atoms. The van der Waals surface area contributed by atoms with Gasteiger partial charge in [0, 0.05) is 30.7 Å². The zero-order valence-corrected chi connectivity index (χ0v) is 14.6. The third kappa shape index (κ3) is 5.76. The molecule has 0 aliphatic carbocycles. The molecule has 1 heterocycles. The quantitative estimate of drug-likeness (QED) is 0.891. The number of carbonyl (C=O) groups excluding carboxylic acids is 1. The molecule has 0 spiro atoms. The SMILES string of the molecule is CC(C)N(Cc1cccc(Cl)c1)C(=O)CC1CNCCO1.Cl. The summed E-state index contributed by atoms with van der Waals surface area (Å²) in [6, 6.07) is 7.80. The van der Waals surface area contributed by atoms with Gasteiger partial charge in [0.15, 0.2) is 0 Å². The van der Waals surface area contributed by atoms with E-state index in [-0.39, 0.29) is 30.5 Å². The van der Waals surface area contributed by atoms with Crippen molar-refractivity contribution in [1.29, 1.82) is 0 Å². The van der Waals surface area contributed by atoms with Gasteiger partial charge in [-0.25, -0.2) is 0 Å². The molecule has 1 aliphatic heterocycles. The zero-order valence-electron chi connectivity index (χ0n) is 13.0. The minimum absolute atomic E-state index is 0. The average molecular weight is 347 g/mol. The molecule has 0 aromatic heterocycles. The molecule has 22 heavy (non-hydrogen) atoms. The Labute approximate surface area is 143 Å². The van der Waals surface area contributed by atoms with Gasteiger partial charge in [-0.2, -0.15) is 0 Å². The van der Waals surface area contributed by atoms with Crippen LogP contribution in [0.1, 0.15) is 25.8 Å². The summed E-state index contributed by atoms with van der Waals surface area (Å²) >= 11 is 6.01. The fourth-order valence-electron chi connectivity index (χ4n) is 2.45. The summed E-state index contributed by atoms with van der Waals surface area (Å²) in [5.41, 5.74) is 1.05. The maximum atomic E-state index is 12.5. The van der Waals surface area contributed by atoms with E-state index in [1.807, 2.05) is 43.0 Å². The number of morpholine rings is 1. The van der Waals surface area contributed by atoms with Crippen LogP contribution in [0.5, 0.6) is 0 Å². The van der Waals surface area contributed by atoms with E-state index in [0.717, 1.165) is 18.7 Å². The molecule has 6 heteroatoms. The lowest BCUT2D eigenvalue weighted by Crippen LogP contribution is -2.44. The number of benzene rings is 1. The lowest BCUT2D eigenvalue weighted by atomic mass is 10.1. The van der Waals surface area contributed by atoms with Crippen LogP contribution in [0.2, 0.25) is 5.02 Å². The maximum absolute atomic E-state index is 12.5. The van der Waals surface area contributed by atoms with Crippen molar-refractivity contribution < 1.29 is 9.53 Å². The molecule has 0 radical (unpaired) electrons. The second-order valence-corrected chi connectivity index (χ2v) is 6.08. The minimum Gasteiger partial charge on any atom is -0.375 e. The molecule has 4 nitrogen and oxygen atoms in total. The van der Waals surface area contributed by atoms with E-state index in [9.17, 15) is 4.79 Å². The molecule has 2 rings (SSSR count). The van der Waals surface area contributed by atoms with E-state index in [2.05, 4.69) is 5.32 Å². The number of hydrogen-bond donors (Lipinski definition) is 1. The highest BCUT2D eigenvalue weighted by Crippen LogP contribution is 2.16. The number of carbonyl (C=O) groups is 1. The number of ether oxygens (including phenoxy) is 1. The van der Waals surface area contributed by atoms with Crippen molar-refractivity contribution in [2.45, 2.75) is 39.0 Å². The smallest absolute Gasteiger partial charge is 0.225 e. The van der Waals surface area contributed by atoms with E-state index >= 15 is 0 Å². The van der Waals surface area contributed by atoms with Crippen LogP contribution in [0.25, 0.3) is 0 Å². The van der Waals surface area contributed by atoms with E-state index in [0.29, 0.717) is 24.6 Å². The third-order valence-corrected chi connectivity index (χ3v) is 3.83. The number of halogens is 2. The van der Waals surface area contributed by atoms with Gasteiger partial charge in [-0.05, 0) is 31.5 Å². The molecule has 1 aromatic rings. The van der Waals surface area contributed by atoms with Crippen LogP contribution in [0.15, 0.2) is 24.3 Å². The normalized spacial score (nSPS) is 17.9. The van der Waals surface area contributed by atoms with Crippen molar-refractivity contribution in [3.05, 3.63) is 34.9 Å². The van der Waals surface area contributed by atoms with Crippen molar-refractivity contribution >= 4 is 29.9 Å². The number of rotatable bonds is 5. The van der Waals surface area contributed by atoms with Crippen LogP contribution in [0.3, 0.4) is 0 Å². The second kappa shape index (κ2) is 9.36. The average Bonchev–Trinajstić information content (AvgIpc) is 2.45. The molecule has 1 atom stereocenters. The summed E-state index contributed by atoms with van der Waals surface area (Å²) in [5.74, 6) is 0.124. The van der Waals surface area contributed by atoms with Gasteiger partial charge in [-0.15, -0.1) is 12.4 Å². The fraction of sp³-hybridized carbons (Fsp3) is 0.562. The number of hydrogen-bond acceptors (Lipinski definition) is 3. The number of nitrogens with one attached hydrogen (secondary N) is 1. The van der Waals surface area contributed by atoms with Crippen LogP contribution in [-0.4, -0.2) is 42.6 Å². The van der Waals surface area contributed by atoms with E-state index in [1.165, 1.54) is 0 Å². The molecule has 1 aliphatic rings. The number of amides is 1. The fourth-order valence-corrected chi connectivity index (χ4v) is 2.67. The largest absolute Gasteiger partial charge is 0.375 e. The monoisotopic (exact) mass is 346 g/mol. The first-order valence-electron chi connectivity index (χ1n) is 7.42. The second-order valence-electron chi connectivity index (χ2n) is 5.65. The Hall–Kier alpha value is -0.810. The van der Waals surface area contributed by atoms with Gasteiger partial charge < -0.3 is 15.0 Å². The standard InChI is InChI=1S/C16H23ClN2O2.ClH/c1-12(2)19(11-13-4-3-5-14(17)8-13)16(20)9-15-10-18-6-7-21-15;/h3-5,8,12,15,18H,6-7,9-11H2,1-2H3;1H. The highest BCUT2D eigenvalue weighted by atomic mass is 35.5. The Bertz CT molecular complexity index is 477. The molecule has 1 aromatic carbocycles. The van der Waals surface area contributed by atoms with Gasteiger partial charge >= 0.3 is 0 Å². The third-order valence-electron chi connectivity index (χ3n) is 3.59. The summed E-state index contributed by atoms with van der Waals surface area (Å²) in [5, 5.41) is 3.95. The Morgan fingerprint density at radius 3 is 2.86 bits per heavy atom. The van der Waals surface area contributed by atoms with Crippen molar-refractivity contribution in [2.75, 3.05) is 19.7 Å². The van der Waals surface area contributed by atoms with E-state index in [4.69, 9.17) is 16.3 Å². The first-order chi connectivity index (χ1) is 10.1. The topological polar surface area (TPSA) is 41.6 Å². The van der Waals surface area contributed by atoms with Crippen molar-refractivity contribution in [2.24, 2.45) is 0 Å². The first-order valence-corrected chi connectivity index (χ1v) is 7.80. The molecule has 1 saturated heterocycles. The molecular weight excluding hydrogens is 323 g/mol. The summed E-state index contributed by atoms with van der Waals surface area (Å²) in [4.78, 5) is 14.4. The summed E-state index contributed by atoms with van der Waals surface area (Å²) in [6.07, 6.45) is 0.401. The van der Waals surface area contributed by atoms with E-state index < -0.39 is 0 Å². The Balaban J connectivity index is 0.00000242. The van der Waals surface area contributed by atoms with Crippen LogP contribution < -0.4 is 5.32 Å². The molecular formula is C16H24Cl2N2O2. The lowest BCUT2D eigenvalue weighted by molar-refractivity contribution is -0.137. The van der Waals surface area contributed by atoms with Crippen molar-refractivity contribution in [1.82, 2.24) is 10.2 Å². The van der Waals surface area contributed by atoms with Crippen LogP contribution >= 0.6 is 24.0 Å². The molecule has 0 saturated carbocycles. The van der Waals surface area contributed by atoms with Gasteiger partial charge in [0.25, 0.3) is 0 Å². The van der Waals surface area contributed by atoms with Gasteiger partial charge in [-0.1, -0.05) is 23.7 Å². The highest BCUT2D eigenvalue weighted by molar-refractivity contribution is 6.30. The van der Waals surface area contributed by atoms with Gasteiger partial charge in [0.05, 0.1) is 19.1 Å². The van der Waals surface area contributed by atoms with Crippen LogP contribution in [0.4, 0.5) is 0 Å². The van der Waals surface area contributed by atoms with E-state index in [1.54, 1.807) is 0 Å². The molecule has 1 amide bonds. The van der Waals surface area contributed by atoms with Gasteiger partial charge in [-0.3, -0.25) is 4.79 Å². The summed E-state index contributed by atoms with van der Waals surface area (Å²) in [6.45, 7) is 6.92. The van der Waals surface area contributed by atoms with Crippen molar-refractivity contribution in [3.8, 4) is 0 Å². The number of nitrogens with zero attached hydrogens (tertiary/aromatic N) is 1. The van der Waals surface area contributed by atoms with Gasteiger partial charge in [0.2, 0.25) is 5.91 Å². The summed E-state index contributed by atoms with van der Waals surface area (Å²) in [7, 11) is 0. The summed E-state index contributed by atoms with van der Waals surface area (Å²) < 4.78 is 5.62. The lowest BCUT2D eigenvalue weighted by Gasteiger charge is -2.30. The Kier molecular flexibility index (Phi) is 8.18. The maximum Gasteiger partial charge on any atom is 0.225 e. The van der Waals surface area contributed by atoms with Crippen LogP contribution in [-0.2, 0) is 16.1 Å². The molecule has 1 N–H and O–H groups in total. The highest BCUT2D eigenvalue weighted by Gasteiger charge is 2.23. The van der Waals surface area contributed by atoms with Crippen molar-refractivity contribution in [3.63, 3.8) is 0 Å². The van der Waals surface area contributed by atoms with Gasteiger partial charge in [0.1, 0.15) is 0 Å². The predicted octanol–water partition coefficient (Wildman–Crippen LogP) is 2.88. The molecule has 1 unspecified atom stereocenters. The first kappa shape index (κ1) is 19.2. The Morgan fingerprint density at radius 1 is 1.50 bits per heavy atom. The minimum atomic E-state index is -0.0214. The predicted molar refractivity (Wildman–Crippen MR) is 91.6 cm³/mol. The van der Waals surface area contributed by atoms with Crippen LogP contribution in [0, 0.1) is 0 Å². The Morgan fingerprint density at radius 2 is 2.27 bits per heavy atom. The molecule has 1 fully saturated rings.